The van der Waals surface area contributed by atoms with Gasteiger partial charge in [-0.1, -0.05) is 17.7 Å². The highest BCUT2D eigenvalue weighted by Gasteiger charge is 2.19. The molecule has 1 aromatic rings. The fourth-order valence-electron chi connectivity index (χ4n) is 1.24. The van der Waals surface area contributed by atoms with Gasteiger partial charge in [0.15, 0.2) is 0 Å². The van der Waals surface area contributed by atoms with E-state index in [0.29, 0.717) is 5.75 Å². The Morgan fingerprint density at radius 3 is 2.50 bits per heavy atom. The van der Waals surface area contributed by atoms with Gasteiger partial charge in [-0.2, -0.15) is 0 Å². The first-order valence-corrected chi connectivity index (χ1v) is 6.29. The molecule has 0 N–H and O–H groups in total. The van der Waals surface area contributed by atoms with Gasteiger partial charge in [0.2, 0.25) is 9.84 Å². The summed E-state index contributed by atoms with van der Waals surface area (Å²) in [4.78, 5) is 3.78. The van der Waals surface area contributed by atoms with Crippen LogP contribution in [0.1, 0.15) is 5.56 Å². The summed E-state index contributed by atoms with van der Waals surface area (Å²) in [6.07, 6.45) is 1.31. The third-order valence-electron chi connectivity index (χ3n) is 2.19. The van der Waals surface area contributed by atoms with Crippen molar-refractivity contribution in [2.24, 2.45) is 4.99 Å². The molecule has 1 aromatic carbocycles. The average molecular weight is 237 g/mol. The fourth-order valence-corrected chi connectivity index (χ4v) is 2.03. The zero-order valence-electron chi connectivity index (χ0n) is 8.75. The zero-order valence-corrected chi connectivity index (χ0v) is 9.57. The molecular weight excluding hydrogens is 226 g/mol. The van der Waals surface area contributed by atoms with Crippen LogP contribution in [0.2, 0.25) is 0 Å². The van der Waals surface area contributed by atoms with Gasteiger partial charge < -0.3 is 4.74 Å². The second-order valence-corrected chi connectivity index (χ2v) is 5.32. The number of aliphatic imine (C=N–C) groups is 1. The molecule has 0 amide bonds. The zero-order chi connectivity index (χ0) is 11.6. The van der Waals surface area contributed by atoms with Crippen LogP contribution in [-0.4, -0.2) is 20.6 Å². The summed E-state index contributed by atoms with van der Waals surface area (Å²) in [6.45, 7) is 1.99. The Bertz CT molecular complexity index is 541. The Labute approximate surface area is 94.2 Å². The Hall–Kier alpha value is -1.62. The van der Waals surface area contributed by atoms with Crippen molar-refractivity contribution in [2.45, 2.75) is 6.92 Å². The SMILES string of the molecule is Cc1ccc(OCC2=CN=CS2(=O)=O)cc1. The lowest BCUT2D eigenvalue weighted by atomic mass is 10.2. The molecule has 0 bridgehead atoms. The second kappa shape index (κ2) is 4.09. The third-order valence-corrected chi connectivity index (χ3v) is 3.54. The molecule has 1 aliphatic heterocycles. The minimum absolute atomic E-state index is 0.0192. The van der Waals surface area contributed by atoms with Crippen LogP contribution in [0.25, 0.3) is 0 Å². The molecular formula is C11H11NO3S. The van der Waals surface area contributed by atoms with Crippen LogP contribution >= 0.6 is 0 Å². The number of sulfone groups is 1. The molecule has 0 radical (unpaired) electrons. The van der Waals surface area contributed by atoms with Crippen molar-refractivity contribution in [1.29, 1.82) is 0 Å². The van der Waals surface area contributed by atoms with E-state index in [9.17, 15) is 8.42 Å². The van der Waals surface area contributed by atoms with Crippen molar-refractivity contribution in [3.8, 4) is 5.75 Å². The highest BCUT2D eigenvalue weighted by molar-refractivity contribution is 8.08. The second-order valence-electron chi connectivity index (χ2n) is 3.50. The van der Waals surface area contributed by atoms with Gasteiger partial charge in [0.1, 0.15) is 22.8 Å². The lowest BCUT2D eigenvalue weighted by molar-refractivity contribution is 0.358. The molecule has 0 spiro atoms. The van der Waals surface area contributed by atoms with E-state index in [4.69, 9.17) is 4.74 Å². The minimum atomic E-state index is -3.32. The molecule has 0 saturated carbocycles. The van der Waals surface area contributed by atoms with Crippen molar-refractivity contribution in [3.05, 3.63) is 40.9 Å². The lowest BCUT2D eigenvalue weighted by Gasteiger charge is -2.06. The number of hydrogen-bond donors (Lipinski definition) is 0. The van der Waals surface area contributed by atoms with E-state index in [-0.39, 0.29) is 11.5 Å². The number of rotatable bonds is 3. The Morgan fingerprint density at radius 1 is 1.25 bits per heavy atom. The largest absolute Gasteiger partial charge is 0.488 e. The van der Waals surface area contributed by atoms with Gasteiger partial charge in [0.25, 0.3) is 0 Å². The number of benzene rings is 1. The number of ether oxygens (including phenoxy) is 1. The lowest BCUT2D eigenvalue weighted by Crippen LogP contribution is -2.09. The first kappa shape index (κ1) is 10.9. The minimum Gasteiger partial charge on any atom is -0.488 e. The van der Waals surface area contributed by atoms with Crippen LogP contribution in [0.3, 0.4) is 0 Å². The maximum atomic E-state index is 11.3. The monoisotopic (exact) mass is 237 g/mol. The summed E-state index contributed by atoms with van der Waals surface area (Å²) in [6, 6.07) is 7.42. The van der Waals surface area contributed by atoms with Gasteiger partial charge in [0.05, 0.1) is 0 Å². The molecule has 0 aromatic heterocycles. The Morgan fingerprint density at radius 2 is 1.94 bits per heavy atom. The van der Waals surface area contributed by atoms with Gasteiger partial charge >= 0.3 is 0 Å². The molecule has 0 aliphatic carbocycles. The van der Waals surface area contributed by atoms with Gasteiger partial charge in [-0.05, 0) is 19.1 Å². The third kappa shape index (κ3) is 2.30. The van der Waals surface area contributed by atoms with Gasteiger partial charge in [-0.25, -0.2) is 8.42 Å². The predicted molar refractivity (Wildman–Crippen MR) is 62.2 cm³/mol. The van der Waals surface area contributed by atoms with E-state index in [1.54, 1.807) is 12.1 Å². The van der Waals surface area contributed by atoms with E-state index in [1.165, 1.54) is 6.20 Å². The number of aryl methyl sites for hydroxylation is 1. The van der Waals surface area contributed by atoms with Crippen molar-refractivity contribution in [2.75, 3.05) is 6.61 Å². The summed E-state index contributed by atoms with van der Waals surface area (Å²) in [5, 5.41) is 0. The molecule has 0 saturated heterocycles. The molecule has 84 valence electrons. The topological polar surface area (TPSA) is 55.7 Å². The summed E-state index contributed by atoms with van der Waals surface area (Å²) >= 11 is 0. The van der Waals surface area contributed by atoms with Crippen molar-refractivity contribution in [3.63, 3.8) is 0 Å². The molecule has 1 heterocycles. The molecule has 0 unspecified atom stereocenters. The quantitative estimate of drug-likeness (QED) is 0.803. The molecule has 0 fully saturated rings. The van der Waals surface area contributed by atoms with E-state index in [1.807, 2.05) is 19.1 Å². The summed E-state index contributed by atoms with van der Waals surface area (Å²) in [7, 11) is -3.32. The van der Waals surface area contributed by atoms with Crippen molar-refractivity contribution >= 4 is 15.4 Å². The summed E-state index contributed by atoms with van der Waals surface area (Å²) in [5.74, 6) is 0.647. The van der Waals surface area contributed by atoms with Crippen LogP contribution in [0.15, 0.2) is 40.4 Å². The van der Waals surface area contributed by atoms with Gasteiger partial charge in [0, 0.05) is 6.20 Å². The molecule has 0 atom stereocenters. The Balaban J connectivity index is 2.02. The van der Waals surface area contributed by atoms with E-state index in [0.717, 1.165) is 11.1 Å². The summed E-state index contributed by atoms with van der Waals surface area (Å²) in [5.41, 5.74) is 2.06. The standard InChI is InChI=1S/C11H11NO3S/c1-9-2-4-10(5-3-9)15-7-11-6-12-8-16(11,13)14/h2-6,8H,7H2,1H3. The molecule has 5 heteroatoms. The smallest absolute Gasteiger partial charge is 0.217 e. The molecule has 4 nitrogen and oxygen atoms in total. The van der Waals surface area contributed by atoms with Crippen LogP contribution in [0.5, 0.6) is 5.75 Å². The van der Waals surface area contributed by atoms with E-state index in [2.05, 4.69) is 4.99 Å². The normalized spacial score (nSPS) is 17.2. The molecule has 2 rings (SSSR count). The molecule has 1 aliphatic rings. The highest BCUT2D eigenvalue weighted by Crippen LogP contribution is 2.16. The number of hydrogen-bond acceptors (Lipinski definition) is 4. The van der Waals surface area contributed by atoms with Gasteiger partial charge in [-0.15, -0.1) is 0 Å². The Kier molecular flexibility index (Phi) is 2.78. The first-order valence-electron chi connectivity index (χ1n) is 4.75. The van der Waals surface area contributed by atoms with Crippen molar-refractivity contribution in [1.82, 2.24) is 0 Å². The first-order chi connectivity index (χ1) is 7.58. The van der Waals surface area contributed by atoms with Crippen LogP contribution in [-0.2, 0) is 9.84 Å². The van der Waals surface area contributed by atoms with Crippen LogP contribution in [0.4, 0.5) is 0 Å². The molecule has 16 heavy (non-hydrogen) atoms. The maximum Gasteiger partial charge on any atom is 0.217 e. The van der Waals surface area contributed by atoms with Crippen molar-refractivity contribution < 1.29 is 13.2 Å². The van der Waals surface area contributed by atoms with Crippen LogP contribution in [0, 0.1) is 6.92 Å². The highest BCUT2D eigenvalue weighted by atomic mass is 32.2. The van der Waals surface area contributed by atoms with Crippen LogP contribution < -0.4 is 4.74 Å². The summed E-state index contributed by atoms with van der Waals surface area (Å²) < 4.78 is 28.0. The van der Waals surface area contributed by atoms with Gasteiger partial charge in [-0.3, -0.25) is 4.99 Å². The maximum absolute atomic E-state index is 11.3. The predicted octanol–water partition coefficient (Wildman–Crippen LogP) is 1.67. The van der Waals surface area contributed by atoms with E-state index >= 15 is 0 Å². The fraction of sp³-hybridized carbons (Fsp3) is 0.182. The number of nitrogens with zero attached hydrogens (tertiary/aromatic N) is 1. The average Bonchev–Trinajstić information content (AvgIpc) is 2.57. The van der Waals surface area contributed by atoms with E-state index < -0.39 is 9.84 Å².